The summed E-state index contributed by atoms with van der Waals surface area (Å²) < 4.78 is 12.2. The molecule has 0 saturated heterocycles. The molecule has 63 heavy (non-hydrogen) atoms. The molecule has 4 rings (SSSR count). The van der Waals surface area contributed by atoms with Gasteiger partial charge in [-0.1, -0.05) is 75.9 Å². The number of allylic oxidation sites excluding steroid dienone is 1. The molecule has 2 unspecified atom stereocenters. The van der Waals surface area contributed by atoms with E-state index in [1.807, 2.05) is 24.3 Å². The largest absolute Gasteiger partial charge is 0.492 e. The van der Waals surface area contributed by atoms with Crippen molar-refractivity contribution in [1.29, 1.82) is 0 Å². The number of fused-ring (bicyclic) bond motifs is 5. The van der Waals surface area contributed by atoms with Crippen molar-refractivity contribution in [3.8, 4) is 22.6 Å². The number of nitrogens with two attached hydrogens (primary N) is 3. The number of amides is 3. The Morgan fingerprint density at radius 2 is 1.56 bits per heavy atom. The molecule has 0 aromatic heterocycles. The van der Waals surface area contributed by atoms with Crippen LogP contribution >= 0.6 is 0 Å². The number of aliphatic imine (C=N–C) groups is 1. The lowest BCUT2D eigenvalue weighted by Gasteiger charge is -2.33. The van der Waals surface area contributed by atoms with Crippen molar-refractivity contribution in [3.63, 3.8) is 0 Å². The van der Waals surface area contributed by atoms with E-state index in [9.17, 15) is 24.3 Å². The van der Waals surface area contributed by atoms with E-state index in [-0.39, 0.29) is 62.4 Å². The van der Waals surface area contributed by atoms with Gasteiger partial charge in [0.15, 0.2) is 0 Å². The summed E-state index contributed by atoms with van der Waals surface area (Å²) in [5, 5.41) is 18.9. The monoisotopic (exact) mass is 864 g/mol. The molecule has 0 radical (unpaired) electrons. The molecule has 0 saturated carbocycles. The van der Waals surface area contributed by atoms with Gasteiger partial charge in [0.25, 0.3) is 5.91 Å². The summed E-state index contributed by atoms with van der Waals surface area (Å²) in [7, 11) is 1.47. The van der Waals surface area contributed by atoms with E-state index in [2.05, 4.69) is 54.9 Å². The Hall–Kier alpha value is -6.29. The molecule has 0 spiro atoms. The highest BCUT2D eigenvalue weighted by molar-refractivity contribution is 6.14. The highest BCUT2D eigenvalue weighted by Crippen LogP contribution is 2.40. The molecule has 3 amide bonds. The van der Waals surface area contributed by atoms with Gasteiger partial charge >= 0.3 is 5.97 Å². The molecule has 1 aliphatic heterocycles. The normalized spacial score (nSPS) is 17.1. The predicted molar refractivity (Wildman–Crippen MR) is 248 cm³/mol. The molecular weight excluding hydrogens is 801 g/mol. The van der Waals surface area contributed by atoms with Crippen molar-refractivity contribution < 1.29 is 33.8 Å². The van der Waals surface area contributed by atoms with Crippen molar-refractivity contribution in [2.75, 3.05) is 39.9 Å². The lowest BCUT2D eigenvalue weighted by molar-refractivity contribution is -0.142. The summed E-state index contributed by atoms with van der Waals surface area (Å²) in [6.07, 6.45) is 1.53. The van der Waals surface area contributed by atoms with Crippen LogP contribution in [0.4, 0.5) is 0 Å². The summed E-state index contributed by atoms with van der Waals surface area (Å²) >= 11 is 0. The number of aliphatic carboxylic acids is 1. The average Bonchev–Trinajstić information content (AvgIpc) is 3.23. The number of hydrogen-bond acceptors (Lipinski definition) is 11. The smallest absolute Gasteiger partial charge is 0.326 e. The molecule has 1 aliphatic rings. The summed E-state index contributed by atoms with van der Waals surface area (Å²) in [6, 6.07) is 14.0. The Morgan fingerprint density at radius 3 is 2.11 bits per heavy atom. The molecule has 3 aromatic carbocycles. The molecule has 4 atom stereocenters. The van der Waals surface area contributed by atoms with E-state index in [0.29, 0.717) is 45.0 Å². The molecule has 3 aromatic rings. The van der Waals surface area contributed by atoms with E-state index in [0.717, 1.165) is 11.1 Å². The van der Waals surface area contributed by atoms with Gasteiger partial charge in [-0.3, -0.25) is 19.4 Å². The third kappa shape index (κ3) is 12.9. The van der Waals surface area contributed by atoms with Gasteiger partial charge in [-0.05, 0) is 85.7 Å². The van der Waals surface area contributed by atoms with Crippen molar-refractivity contribution in [3.05, 3.63) is 113 Å². The van der Waals surface area contributed by atoms with Crippen LogP contribution in [0.3, 0.4) is 0 Å². The van der Waals surface area contributed by atoms with Gasteiger partial charge in [-0.2, -0.15) is 0 Å². The van der Waals surface area contributed by atoms with Crippen molar-refractivity contribution in [1.82, 2.24) is 20.9 Å². The third-order valence-corrected chi connectivity index (χ3v) is 10.6. The van der Waals surface area contributed by atoms with Crippen LogP contribution in [-0.2, 0) is 31.0 Å². The Morgan fingerprint density at radius 1 is 0.952 bits per heavy atom. The fourth-order valence-corrected chi connectivity index (χ4v) is 6.97. The van der Waals surface area contributed by atoms with Crippen LogP contribution in [0.15, 0.2) is 95.7 Å². The summed E-state index contributed by atoms with van der Waals surface area (Å²) in [4.78, 5) is 61.5. The molecule has 0 fully saturated rings. The van der Waals surface area contributed by atoms with Crippen molar-refractivity contribution >= 4 is 35.6 Å². The number of ether oxygens (including phenoxy) is 2. The molecule has 4 bridgehead atoms. The lowest BCUT2D eigenvalue weighted by atomic mass is 9.86. The fraction of sp³-hybridized carbons (Fsp3) is 0.396. The quantitative estimate of drug-likeness (QED) is 0.0790. The number of benzene rings is 3. The summed E-state index contributed by atoms with van der Waals surface area (Å²) in [6.45, 7) is 20.5. The van der Waals surface area contributed by atoms with E-state index in [1.54, 1.807) is 57.2 Å². The van der Waals surface area contributed by atoms with Gasteiger partial charge < -0.3 is 52.6 Å². The SMILES string of the molecule is C=C(N=CC(C(=O)N[C@@H](CCN)C(=O)N(C)C1C(=O)N[C@@H](C)C(=C)NC(C(=O)O)Cc2ccc(OCCN)c(c2)-c2cc1ccc2OCCN)=C(C)C)c1ccc(C(C)(C)C)cc1. The minimum Gasteiger partial charge on any atom is -0.492 e. The number of rotatable bonds is 16. The molecule has 15 heteroatoms. The highest BCUT2D eigenvalue weighted by atomic mass is 16.5. The first-order valence-electron chi connectivity index (χ1n) is 21.0. The molecule has 338 valence electrons. The summed E-state index contributed by atoms with van der Waals surface area (Å²) in [5.41, 5.74) is 23.2. The van der Waals surface area contributed by atoms with E-state index >= 15 is 0 Å². The number of likely N-dealkylation sites (N-methyl/N-ethyl adjacent to an activating group) is 1. The van der Waals surface area contributed by atoms with Gasteiger partial charge in [0, 0.05) is 49.6 Å². The fourth-order valence-electron chi connectivity index (χ4n) is 6.97. The number of carboxylic acids is 1. The number of carbonyl (C=O) groups excluding carboxylic acids is 3. The van der Waals surface area contributed by atoms with Crippen LogP contribution in [0.1, 0.15) is 76.3 Å². The second-order valence-corrected chi connectivity index (χ2v) is 16.8. The standard InChI is InChI=1S/C48H64N8O7/c1-28(2)38(27-52-31(5)33-11-14-35(15-12-33)48(6,7)8)44(57)55-39(18-19-49)46(59)56(9)43-34-13-17-42(63-23-21-51)37(26-34)36-24-32(10-16-41(36)62-22-20-50)25-40(47(60)61)53-29(3)30(4)54-45(43)58/h10-17,24,26-27,30,39-40,43,53H,3,5,18-23,25,49-51H2,1-2,4,6-9H3,(H,54,58)(H,55,57)(H,60,61)/t30-,39-,40?,43?/m0/s1. The number of carboxylic acid groups (broad SMARTS) is 1. The maximum Gasteiger partial charge on any atom is 0.326 e. The van der Waals surface area contributed by atoms with Gasteiger partial charge in [0.05, 0.1) is 17.3 Å². The van der Waals surface area contributed by atoms with E-state index in [1.165, 1.54) is 18.2 Å². The van der Waals surface area contributed by atoms with Crippen LogP contribution in [0.5, 0.6) is 11.5 Å². The van der Waals surface area contributed by atoms with Crippen LogP contribution in [0.2, 0.25) is 0 Å². The average molecular weight is 865 g/mol. The highest BCUT2D eigenvalue weighted by Gasteiger charge is 2.35. The zero-order valence-corrected chi connectivity index (χ0v) is 37.5. The molecule has 10 N–H and O–H groups in total. The van der Waals surface area contributed by atoms with E-state index in [4.69, 9.17) is 26.7 Å². The van der Waals surface area contributed by atoms with Crippen LogP contribution in [0.25, 0.3) is 16.8 Å². The summed E-state index contributed by atoms with van der Waals surface area (Å²) in [5.74, 6) is -2.07. The van der Waals surface area contributed by atoms with Gasteiger partial charge in [0.2, 0.25) is 11.8 Å². The van der Waals surface area contributed by atoms with Gasteiger partial charge in [0.1, 0.15) is 42.8 Å². The second-order valence-electron chi connectivity index (χ2n) is 16.8. The molecule has 15 nitrogen and oxygen atoms in total. The first-order chi connectivity index (χ1) is 29.8. The van der Waals surface area contributed by atoms with Crippen LogP contribution in [-0.4, -0.2) is 97.9 Å². The molecule has 1 heterocycles. The Kier molecular flexibility index (Phi) is 17.4. The molecular formula is C48H64N8O7. The lowest BCUT2D eigenvalue weighted by Crippen LogP contribution is -2.53. The van der Waals surface area contributed by atoms with Gasteiger partial charge in [-0.25, -0.2) is 4.79 Å². The Labute approximate surface area is 370 Å². The number of hydrogen-bond donors (Lipinski definition) is 7. The minimum absolute atomic E-state index is 0.0279. The number of carbonyl (C=O) groups is 4. The van der Waals surface area contributed by atoms with Crippen molar-refractivity contribution in [2.45, 2.75) is 84.0 Å². The number of nitrogens with one attached hydrogen (secondary N) is 3. The minimum atomic E-state index is -1.29. The first kappa shape index (κ1) is 49.4. The maximum absolute atomic E-state index is 14.7. The van der Waals surface area contributed by atoms with Crippen LogP contribution < -0.4 is 42.6 Å². The van der Waals surface area contributed by atoms with Crippen LogP contribution in [0, 0.1) is 0 Å². The van der Waals surface area contributed by atoms with E-state index < -0.39 is 47.9 Å². The predicted octanol–water partition coefficient (Wildman–Crippen LogP) is 4.35. The zero-order valence-electron chi connectivity index (χ0n) is 37.5. The zero-order chi connectivity index (χ0) is 46.6. The third-order valence-electron chi connectivity index (χ3n) is 10.6. The topological polar surface area (TPSA) is 237 Å². The Bertz CT molecular complexity index is 2220. The first-order valence-corrected chi connectivity index (χ1v) is 21.0. The molecule has 0 aliphatic carbocycles. The maximum atomic E-state index is 14.7. The number of nitrogens with zero attached hydrogens (tertiary/aromatic N) is 2. The second kappa shape index (κ2) is 22.2. The van der Waals surface area contributed by atoms with Gasteiger partial charge in [-0.15, -0.1) is 0 Å². The Balaban J connectivity index is 1.78. The van der Waals surface area contributed by atoms with Crippen molar-refractivity contribution in [2.24, 2.45) is 22.2 Å².